The van der Waals surface area contributed by atoms with E-state index in [1.807, 2.05) is 18.3 Å². The van der Waals surface area contributed by atoms with Crippen molar-refractivity contribution < 1.29 is 4.74 Å². The fourth-order valence-corrected chi connectivity index (χ4v) is 2.62. The van der Waals surface area contributed by atoms with Crippen LogP contribution in [0.25, 0.3) is 10.9 Å². The van der Waals surface area contributed by atoms with E-state index < -0.39 is 0 Å². The van der Waals surface area contributed by atoms with Crippen LogP contribution in [0.4, 0.5) is 0 Å². The molecule has 1 heterocycles. The van der Waals surface area contributed by atoms with Crippen molar-refractivity contribution >= 4 is 26.8 Å². The number of H-pyrrole nitrogens is 1. The van der Waals surface area contributed by atoms with Crippen LogP contribution in [0.5, 0.6) is 5.75 Å². The molecule has 0 saturated carbocycles. The van der Waals surface area contributed by atoms with Gasteiger partial charge in [0.05, 0.1) is 11.1 Å². The molecule has 1 aromatic carbocycles. The van der Waals surface area contributed by atoms with Crippen molar-refractivity contribution in [2.45, 2.75) is 19.8 Å². The molecular formula is C13H17BrN2O. The summed E-state index contributed by atoms with van der Waals surface area (Å²) in [6.45, 7) is 3.49. The van der Waals surface area contributed by atoms with Crippen molar-refractivity contribution in [3.63, 3.8) is 0 Å². The van der Waals surface area contributed by atoms with Gasteiger partial charge in [-0.3, -0.25) is 0 Å². The summed E-state index contributed by atoms with van der Waals surface area (Å²) in [6, 6.07) is 4.04. The lowest BCUT2D eigenvalue weighted by atomic mass is 10.1. The highest BCUT2D eigenvalue weighted by Gasteiger charge is 2.11. The number of rotatable bonds is 5. The molecule has 0 aliphatic heterocycles. The first-order valence-corrected chi connectivity index (χ1v) is 6.68. The van der Waals surface area contributed by atoms with Crippen molar-refractivity contribution in [1.82, 2.24) is 4.98 Å². The molecule has 0 radical (unpaired) electrons. The molecule has 0 unspecified atom stereocenters. The molecule has 3 N–H and O–H groups in total. The topological polar surface area (TPSA) is 51.0 Å². The highest BCUT2D eigenvalue weighted by molar-refractivity contribution is 9.10. The Labute approximate surface area is 109 Å². The highest BCUT2D eigenvalue weighted by Crippen LogP contribution is 2.35. The zero-order chi connectivity index (χ0) is 12.3. The number of halogens is 1. The average molecular weight is 297 g/mol. The summed E-state index contributed by atoms with van der Waals surface area (Å²) >= 11 is 3.63. The Morgan fingerprint density at radius 1 is 1.41 bits per heavy atom. The lowest BCUT2D eigenvalue weighted by Gasteiger charge is -2.08. The second-order valence-corrected chi connectivity index (χ2v) is 4.79. The second-order valence-electron chi connectivity index (χ2n) is 4.00. The second kappa shape index (κ2) is 5.56. The summed E-state index contributed by atoms with van der Waals surface area (Å²) in [4.78, 5) is 3.26. The van der Waals surface area contributed by atoms with Crippen LogP contribution < -0.4 is 10.5 Å². The number of ether oxygens (including phenoxy) is 1. The van der Waals surface area contributed by atoms with E-state index in [1.54, 1.807) is 0 Å². The quantitative estimate of drug-likeness (QED) is 0.890. The molecule has 2 aromatic rings. The van der Waals surface area contributed by atoms with Gasteiger partial charge in [0.25, 0.3) is 0 Å². The molecule has 0 aliphatic carbocycles. The van der Waals surface area contributed by atoms with Gasteiger partial charge in [-0.1, -0.05) is 6.92 Å². The third-order valence-corrected chi connectivity index (χ3v) is 3.49. The first-order valence-electron chi connectivity index (χ1n) is 5.89. The van der Waals surface area contributed by atoms with E-state index in [0.29, 0.717) is 6.54 Å². The zero-order valence-corrected chi connectivity index (χ0v) is 11.5. The number of aromatic amines is 1. The van der Waals surface area contributed by atoms with Crippen LogP contribution in [0.1, 0.15) is 18.9 Å². The Balaban J connectivity index is 2.44. The van der Waals surface area contributed by atoms with Crippen LogP contribution >= 0.6 is 15.9 Å². The fraction of sp³-hybridized carbons (Fsp3) is 0.385. The standard InChI is InChI=1S/C13H17BrN2O/c1-2-7-17-11-4-3-10-12(13(11)14)9(5-6-15)8-16-10/h3-4,8,16H,2,5-7,15H2,1H3. The number of hydrogen-bond donors (Lipinski definition) is 2. The Bertz CT molecular complexity index is 507. The van der Waals surface area contributed by atoms with Gasteiger partial charge in [0.15, 0.2) is 0 Å². The Hall–Kier alpha value is -1.00. The number of nitrogens with one attached hydrogen (secondary N) is 1. The normalized spacial score (nSPS) is 11.0. The predicted octanol–water partition coefficient (Wildman–Crippen LogP) is 3.22. The molecule has 2 rings (SSSR count). The highest BCUT2D eigenvalue weighted by atomic mass is 79.9. The van der Waals surface area contributed by atoms with Crippen molar-refractivity contribution in [3.05, 3.63) is 28.4 Å². The number of aromatic nitrogens is 1. The molecule has 0 saturated heterocycles. The third-order valence-electron chi connectivity index (χ3n) is 2.70. The zero-order valence-electron chi connectivity index (χ0n) is 9.92. The predicted molar refractivity (Wildman–Crippen MR) is 74.5 cm³/mol. The molecule has 0 bridgehead atoms. The van der Waals surface area contributed by atoms with Crippen LogP contribution in [-0.2, 0) is 6.42 Å². The van der Waals surface area contributed by atoms with Gasteiger partial charge in [0, 0.05) is 17.1 Å². The lowest BCUT2D eigenvalue weighted by Crippen LogP contribution is -2.02. The Morgan fingerprint density at radius 3 is 2.94 bits per heavy atom. The van der Waals surface area contributed by atoms with Crippen molar-refractivity contribution in [2.75, 3.05) is 13.2 Å². The van der Waals surface area contributed by atoms with E-state index >= 15 is 0 Å². The van der Waals surface area contributed by atoms with Crippen molar-refractivity contribution in [3.8, 4) is 5.75 Å². The molecular weight excluding hydrogens is 280 g/mol. The van der Waals surface area contributed by atoms with Crippen LogP contribution in [-0.4, -0.2) is 18.1 Å². The molecule has 92 valence electrons. The van der Waals surface area contributed by atoms with Gasteiger partial charge < -0.3 is 15.5 Å². The minimum absolute atomic E-state index is 0.652. The first-order chi connectivity index (χ1) is 8.27. The molecule has 4 heteroatoms. The number of hydrogen-bond acceptors (Lipinski definition) is 2. The number of fused-ring (bicyclic) bond motifs is 1. The molecule has 0 fully saturated rings. The summed E-state index contributed by atoms with van der Waals surface area (Å²) in [5, 5.41) is 1.18. The smallest absolute Gasteiger partial charge is 0.134 e. The van der Waals surface area contributed by atoms with Gasteiger partial charge in [-0.25, -0.2) is 0 Å². The number of benzene rings is 1. The maximum atomic E-state index is 5.70. The summed E-state index contributed by atoms with van der Waals surface area (Å²) in [6.07, 6.45) is 3.90. The molecule has 0 atom stereocenters. The maximum Gasteiger partial charge on any atom is 0.134 e. The molecule has 1 aromatic heterocycles. The molecule has 0 aliphatic rings. The third kappa shape index (κ3) is 2.48. The molecule has 17 heavy (non-hydrogen) atoms. The van der Waals surface area contributed by atoms with E-state index in [1.165, 1.54) is 10.9 Å². The van der Waals surface area contributed by atoms with Gasteiger partial charge in [0.2, 0.25) is 0 Å². The number of nitrogens with two attached hydrogens (primary N) is 1. The summed E-state index contributed by atoms with van der Waals surface area (Å²) in [5.74, 6) is 0.900. The van der Waals surface area contributed by atoms with Gasteiger partial charge in [-0.2, -0.15) is 0 Å². The average Bonchev–Trinajstić information content (AvgIpc) is 2.73. The Morgan fingerprint density at radius 2 is 2.24 bits per heavy atom. The maximum absolute atomic E-state index is 5.70. The van der Waals surface area contributed by atoms with Gasteiger partial charge in [0.1, 0.15) is 5.75 Å². The van der Waals surface area contributed by atoms with E-state index in [0.717, 1.165) is 35.2 Å². The van der Waals surface area contributed by atoms with Gasteiger partial charge >= 0.3 is 0 Å². The lowest BCUT2D eigenvalue weighted by molar-refractivity contribution is 0.316. The van der Waals surface area contributed by atoms with E-state index in [9.17, 15) is 0 Å². The Kier molecular flexibility index (Phi) is 4.07. The van der Waals surface area contributed by atoms with Crippen LogP contribution in [0.3, 0.4) is 0 Å². The van der Waals surface area contributed by atoms with Gasteiger partial charge in [-0.05, 0) is 53.0 Å². The summed E-state index contributed by atoms with van der Waals surface area (Å²) in [5.41, 5.74) is 7.97. The van der Waals surface area contributed by atoms with Crippen LogP contribution in [0.15, 0.2) is 22.8 Å². The SMILES string of the molecule is CCCOc1ccc2[nH]cc(CCN)c2c1Br. The fourth-order valence-electron chi connectivity index (χ4n) is 1.90. The largest absolute Gasteiger partial charge is 0.492 e. The molecule has 3 nitrogen and oxygen atoms in total. The van der Waals surface area contributed by atoms with E-state index in [2.05, 4.69) is 27.8 Å². The van der Waals surface area contributed by atoms with Gasteiger partial charge in [-0.15, -0.1) is 0 Å². The van der Waals surface area contributed by atoms with Crippen LogP contribution in [0.2, 0.25) is 0 Å². The minimum atomic E-state index is 0.652. The molecule has 0 amide bonds. The van der Waals surface area contributed by atoms with Crippen LogP contribution in [0, 0.1) is 0 Å². The monoisotopic (exact) mass is 296 g/mol. The van der Waals surface area contributed by atoms with E-state index in [4.69, 9.17) is 10.5 Å². The first kappa shape index (κ1) is 12.5. The van der Waals surface area contributed by atoms with Crippen molar-refractivity contribution in [2.24, 2.45) is 5.73 Å². The molecule has 0 spiro atoms. The summed E-state index contributed by atoms with van der Waals surface area (Å²) < 4.78 is 6.73. The minimum Gasteiger partial charge on any atom is -0.492 e. The summed E-state index contributed by atoms with van der Waals surface area (Å²) in [7, 11) is 0. The van der Waals surface area contributed by atoms with Crippen molar-refractivity contribution in [1.29, 1.82) is 0 Å². The van der Waals surface area contributed by atoms with E-state index in [-0.39, 0.29) is 0 Å².